The standard InChI is InChI=1S/C40H68N2O30/c1-9-19(49)24(54)27(57)38(63-9)71-33-18(42-11(3)48)35(61)64-15(7-46)32(33)70-36-17(41-10(2)47)23(53)31(14(6-45)67-36)69-40-29(59)26(56)21(51)16(68-40)8-62-37-30(60)34(22(52)13(5-44)65-37)72-39-28(58)25(55)20(50)12(4-43)66-39/h9,12-40,43-46,49-61H,4-8H2,1-3H3,(H,41,47)(H,42,48)/t9-,12+,13+,14+,15+,16+,17+,18+,19+,20+,21+,22+,23+,24+,25-,26-,27-,28-,29-,30-,31+,32+,33+,34-,35?,36-,37-,38-,39+,40-/m0/s1. The van der Waals surface area contributed by atoms with E-state index < -0.39 is 229 Å². The molecule has 6 heterocycles. The number of amides is 2. The third-order valence-corrected chi connectivity index (χ3v) is 13.2. The van der Waals surface area contributed by atoms with Gasteiger partial charge in [-0.3, -0.25) is 9.59 Å². The lowest BCUT2D eigenvalue weighted by Crippen LogP contribution is -2.71. The van der Waals surface area contributed by atoms with Gasteiger partial charge in [-0.1, -0.05) is 0 Å². The highest BCUT2D eigenvalue weighted by molar-refractivity contribution is 5.73. The van der Waals surface area contributed by atoms with E-state index in [1.54, 1.807) is 0 Å². The molecule has 1 unspecified atom stereocenters. The first-order valence-electron chi connectivity index (χ1n) is 23.0. The molecule has 0 aromatic rings. The van der Waals surface area contributed by atoms with Crippen molar-refractivity contribution in [3.8, 4) is 0 Å². The van der Waals surface area contributed by atoms with Gasteiger partial charge in [-0.25, -0.2) is 0 Å². The third kappa shape index (κ3) is 12.6. The zero-order chi connectivity index (χ0) is 53.2. The van der Waals surface area contributed by atoms with Crippen molar-refractivity contribution in [2.24, 2.45) is 0 Å². The van der Waals surface area contributed by atoms with Gasteiger partial charge in [-0.2, -0.15) is 0 Å². The van der Waals surface area contributed by atoms with Gasteiger partial charge in [0.25, 0.3) is 0 Å². The molecule has 0 aromatic heterocycles. The van der Waals surface area contributed by atoms with Crippen LogP contribution in [-0.4, -0.2) is 316 Å². The van der Waals surface area contributed by atoms with Crippen LogP contribution in [0.15, 0.2) is 0 Å². The summed E-state index contributed by atoms with van der Waals surface area (Å²) in [5, 5.41) is 186. The third-order valence-electron chi connectivity index (χ3n) is 13.2. The van der Waals surface area contributed by atoms with Gasteiger partial charge in [0.15, 0.2) is 37.7 Å². The molecule has 0 saturated carbocycles. The van der Waals surface area contributed by atoms with Gasteiger partial charge < -0.3 is 150 Å². The van der Waals surface area contributed by atoms with Crippen molar-refractivity contribution in [2.75, 3.05) is 33.0 Å². The molecule has 30 atom stereocenters. The Balaban J connectivity index is 1.19. The van der Waals surface area contributed by atoms with Crippen LogP contribution in [0.3, 0.4) is 0 Å². The molecule has 418 valence electrons. The van der Waals surface area contributed by atoms with Crippen molar-refractivity contribution in [1.82, 2.24) is 10.6 Å². The molecule has 0 aromatic carbocycles. The van der Waals surface area contributed by atoms with Crippen molar-refractivity contribution >= 4 is 11.8 Å². The Kier molecular flexibility index (Phi) is 20.8. The zero-order valence-corrected chi connectivity index (χ0v) is 38.8. The van der Waals surface area contributed by atoms with E-state index in [1.165, 1.54) is 6.92 Å². The highest BCUT2D eigenvalue weighted by Gasteiger charge is 2.57. The predicted molar refractivity (Wildman–Crippen MR) is 221 cm³/mol. The first-order chi connectivity index (χ1) is 34.0. The fraction of sp³-hybridized carbons (Fsp3) is 0.950. The minimum Gasteiger partial charge on any atom is -0.394 e. The van der Waals surface area contributed by atoms with E-state index in [-0.39, 0.29) is 0 Å². The Morgan fingerprint density at radius 2 is 0.806 bits per heavy atom. The summed E-state index contributed by atoms with van der Waals surface area (Å²) in [7, 11) is 0. The lowest BCUT2D eigenvalue weighted by molar-refractivity contribution is -0.378. The van der Waals surface area contributed by atoms with E-state index in [0.717, 1.165) is 13.8 Å². The lowest BCUT2D eigenvalue weighted by atomic mass is 9.93. The molecule has 6 rings (SSSR count). The molecule has 72 heavy (non-hydrogen) atoms. The van der Waals surface area contributed by atoms with Crippen molar-refractivity contribution < 1.29 is 149 Å². The van der Waals surface area contributed by atoms with Gasteiger partial charge in [0, 0.05) is 13.8 Å². The Hall–Kier alpha value is -2.18. The molecule has 0 bridgehead atoms. The maximum Gasteiger partial charge on any atom is 0.217 e. The number of aliphatic hydroxyl groups is 17. The highest BCUT2D eigenvalue weighted by atomic mass is 16.8. The van der Waals surface area contributed by atoms with E-state index in [1.807, 2.05) is 0 Å². The molecule has 2 amide bonds. The minimum absolute atomic E-state index is 0.755. The second-order valence-corrected chi connectivity index (χ2v) is 18.3. The van der Waals surface area contributed by atoms with Gasteiger partial charge in [0.05, 0.1) is 39.1 Å². The number of aliphatic hydroxyl groups excluding tert-OH is 17. The molecule has 0 aliphatic carbocycles. The topological polar surface area (TPSA) is 504 Å². The number of carbonyl (C=O) groups excluding carboxylic acids is 2. The summed E-state index contributed by atoms with van der Waals surface area (Å²) in [5.74, 6) is -1.58. The van der Waals surface area contributed by atoms with Crippen molar-refractivity contribution in [1.29, 1.82) is 0 Å². The van der Waals surface area contributed by atoms with Crippen LogP contribution in [-0.2, 0) is 61.7 Å². The average Bonchev–Trinajstić information content (AvgIpc) is 3.34. The van der Waals surface area contributed by atoms with Crippen LogP contribution in [0.4, 0.5) is 0 Å². The maximum atomic E-state index is 12.6. The van der Waals surface area contributed by atoms with Gasteiger partial charge in [0.1, 0.15) is 140 Å². The molecule has 6 saturated heterocycles. The summed E-state index contributed by atoms with van der Waals surface area (Å²) in [6.45, 7) is -1.19. The number of hydrogen-bond acceptors (Lipinski definition) is 30. The monoisotopic (exact) mass is 1060 g/mol. The Morgan fingerprint density at radius 1 is 0.389 bits per heavy atom. The predicted octanol–water partition coefficient (Wildman–Crippen LogP) is -12.8. The maximum absolute atomic E-state index is 12.6. The van der Waals surface area contributed by atoms with Crippen LogP contribution >= 0.6 is 0 Å². The molecule has 32 nitrogen and oxygen atoms in total. The van der Waals surface area contributed by atoms with Crippen LogP contribution in [0.25, 0.3) is 0 Å². The Morgan fingerprint density at radius 3 is 1.36 bits per heavy atom. The summed E-state index contributed by atoms with van der Waals surface area (Å²) in [6.07, 6.45) is -51.0. The fourth-order valence-corrected chi connectivity index (χ4v) is 9.15. The summed E-state index contributed by atoms with van der Waals surface area (Å²) in [6, 6.07) is -3.35. The highest BCUT2D eigenvalue weighted by Crippen LogP contribution is 2.36. The molecule has 32 heteroatoms. The van der Waals surface area contributed by atoms with Gasteiger partial charge in [-0.15, -0.1) is 0 Å². The second kappa shape index (κ2) is 25.3. The SMILES string of the molecule is CC(=O)N[C@H]1[C@H](O[C@H]2[C@H](O[C@@H]3O[C@@H](C)[C@@H](O)[C@@H](O)[C@@H]3O)[C@@H](NC(C)=O)C(O)O[C@@H]2CO)O[C@H](CO)[C@@H](O[C@@H]2O[C@H](CO[C@H]3O[C@H](CO)[C@@H](O)[C@H](O[C@H]4O[C@H](CO)[C@@H](O)[C@H](O)[C@@H]4O)[C@@H]3O)[C@@H](O)[C@H](O)[C@@H]2O)[C@@H]1O. The Labute approximate surface area is 408 Å². The molecular formula is C40H68N2O30. The first-order valence-corrected chi connectivity index (χ1v) is 23.0. The van der Waals surface area contributed by atoms with Gasteiger partial charge >= 0.3 is 0 Å². The minimum atomic E-state index is -2.14. The van der Waals surface area contributed by atoms with Crippen LogP contribution in [0, 0.1) is 0 Å². The second-order valence-electron chi connectivity index (χ2n) is 18.3. The largest absolute Gasteiger partial charge is 0.394 e. The number of rotatable bonds is 17. The van der Waals surface area contributed by atoms with Crippen LogP contribution in [0.1, 0.15) is 20.8 Å². The molecule has 0 radical (unpaired) electrons. The normalized spacial score (nSPS) is 50.3. The lowest BCUT2D eigenvalue weighted by Gasteiger charge is -2.51. The van der Waals surface area contributed by atoms with E-state index in [2.05, 4.69) is 10.6 Å². The molecule has 6 fully saturated rings. The summed E-state index contributed by atoms with van der Waals surface area (Å²) in [5.41, 5.74) is 0. The van der Waals surface area contributed by atoms with E-state index in [4.69, 9.17) is 52.1 Å². The van der Waals surface area contributed by atoms with E-state index in [0.29, 0.717) is 0 Å². The summed E-state index contributed by atoms with van der Waals surface area (Å²) >= 11 is 0. The quantitative estimate of drug-likeness (QED) is 0.0643. The molecular weight excluding hydrogens is 988 g/mol. The van der Waals surface area contributed by atoms with E-state index in [9.17, 15) is 96.4 Å². The van der Waals surface area contributed by atoms with Crippen LogP contribution in [0.5, 0.6) is 0 Å². The van der Waals surface area contributed by atoms with Gasteiger partial charge in [0.2, 0.25) is 11.8 Å². The average molecular weight is 1060 g/mol. The molecule has 6 aliphatic heterocycles. The molecule has 6 aliphatic rings. The number of carbonyl (C=O) groups is 2. The Bertz CT molecular complexity index is 1730. The number of ether oxygens (including phenoxy) is 11. The molecule has 0 spiro atoms. The van der Waals surface area contributed by atoms with E-state index >= 15 is 0 Å². The smallest absolute Gasteiger partial charge is 0.217 e. The van der Waals surface area contributed by atoms with Crippen LogP contribution in [0.2, 0.25) is 0 Å². The summed E-state index contributed by atoms with van der Waals surface area (Å²) in [4.78, 5) is 25.0. The number of nitrogens with one attached hydrogen (secondary N) is 2. The first kappa shape index (κ1) is 59.1. The zero-order valence-electron chi connectivity index (χ0n) is 38.8. The van der Waals surface area contributed by atoms with Crippen molar-refractivity contribution in [3.05, 3.63) is 0 Å². The number of hydrogen-bond donors (Lipinski definition) is 19. The van der Waals surface area contributed by atoms with Crippen LogP contribution < -0.4 is 10.6 Å². The van der Waals surface area contributed by atoms with Crippen molar-refractivity contribution in [2.45, 2.75) is 205 Å². The summed E-state index contributed by atoms with van der Waals surface area (Å²) < 4.78 is 62.9. The molecule has 19 N–H and O–H groups in total. The van der Waals surface area contributed by atoms with Gasteiger partial charge in [-0.05, 0) is 6.92 Å². The fourth-order valence-electron chi connectivity index (χ4n) is 9.15. The van der Waals surface area contributed by atoms with Crippen molar-refractivity contribution in [3.63, 3.8) is 0 Å².